The zero-order valence-corrected chi connectivity index (χ0v) is 16.1. The van der Waals surface area contributed by atoms with Crippen molar-refractivity contribution in [2.45, 2.75) is 46.1 Å². The number of rotatable bonds is 6. The second-order valence-corrected chi connectivity index (χ2v) is 7.94. The summed E-state index contributed by atoms with van der Waals surface area (Å²) in [6.07, 6.45) is 4.09. The van der Waals surface area contributed by atoms with Crippen LogP contribution in [0.3, 0.4) is 0 Å². The van der Waals surface area contributed by atoms with E-state index in [0.29, 0.717) is 6.04 Å². The lowest BCUT2D eigenvalue weighted by Crippen LogP contribution is -2.46. The van der Waals surface area contributed by atoms with Gasteiger partial charge in [-0.1, -0.05) is 94.3 Å². The SMILES string of the molecule is CCCCC1C(C)CN(C(c2ccccc2)c2ccccc2)CC1C. The fourth-order valence-corrected chi connectivity index (χ4v) is 4.75. The molecule has 1 heterocycles. The molecule has 0 spiro atoms. The Morgan fingerprint density at radius 3 is 1.76 bits per heavy atom. The van der Waals surface area contributed by atoms with Gasteiger partial charge in [0.1, 0.15) is 0 Å². The van der Waals surface area contributed by atoms with Crippen LogP contribution in [0.2, 0.25) is 0 Å². The molecule has 25 heavy (non-hydrogen) atoms. The van der Waals surface area contributed by atoms with E-state index in [1.165, 1.54) is 43.5 Å². The smallest absolute Gasteiger partial charge is 0.0601 e. The Morgan fingerprint density at radius 2 is 1.32 bits per heavy atom. The van der Waals surface area contributed by atoms with Gasteiger partial charge in [-0.25, -0.2) is 0 Å². The van der Waals surface area contributed by atoms with Crippen LogP contribution >= 0.6 is 0 Å². The minimum atomic E-state index is 0.374. The zero-order chi connectivity index (χ0) is 17.6. The molecule has 0 bridgehead atoms. The van der Waals surface area contributed by atoms with Gasteiger partial charge in [0.15, 0.2) is 0 Å². The van der Waals surface area contributed by atoms with Gasteiger partial charge in [-0.05, 0) is 35.3 Å². The lowest BCUT2D eigenvalue weighted by molar-refractivity contribution is 0.0521. The maximum atomic E-state index is 2.72. The van der Waals surface area contributed by atoms with E-state index in [2.05, 4.69) is 86.3 Å². The third kappa shape index (κ3) is 4.33. The summed E-state index contributed by atoms with van der Waals surface area (Å²) in [6.45, 7) is 9.65. The van der Waals surface area contributed by atoms with E-state index < -0.39 is 0 Å². The molecule has 134 valence electrons. The Kier molecular flexibility index (Phi) is 6.31. The highest BCUT2D eigenvalue weighted by atomic mass is 15.2. The van der Waals surface area contributed by atoms with Gasteiger partial charge in [0, 0.05) is 13.1 Å². The molecule has 0 aliphatic carbocycles. The van der Waals surface area contributed by atoms with Crippen molar-refractivity contribution < 1.29 is 0 Å². The molecule has 1 aliphatic heterocycles. The molecule has 1 fully saturated rings. The van der Waals surface area contributed by atoms with Crippen molar-refractivity contribution >= 4 is 0 Å². The first-order chi connectivity index (χ1) is 12.2. The van der Waals surface area contributed by atoms with Crippen LogP contribution in [0, 0.1) is 17.8 Å². The fraction of sp³-hybridized carbons (Fsp3) is 0.500. The first-order valence-electron chi connectivity index (χ1n) is 10.0. The highest BCUT2D eigenvalue weighted by Gasteiger charge is 2.35. The molecule has 0 aromatic heterocycles. The summed E-state index contributed by atoms with van der Waals surface area (Å²) in [4.78, 5) is 2.72. The van der Waals surface area contributed by atoms with Crippen molar-refractivity contribution in [1.82, 2.24) is 4.90 Å². The topological polar surface area (TPSA) is 3.24 Å². The number of unbranched alkanes of at least 4 members (excludes halogenated alkanes) is 1. The number of likely N-dealkylation sites (tertiary alicyclic amines) is 1. The molecule has 2 aromatic carbocycles. The van der Waals surface area contributed by atoms with Gasteiger partial charge in [0.2, 0.25) is 0 Å². The minimum absolute atomic E-state index is 0.374. The number of nitrogens with zero attached hydrogens (tertiary/aromatic N) is 1. The molecular formula is C24H33N. The first-order valence-corrected chi connectivity index (χ1v) is 10.0. The lowest BCUT2D eigenvalue weighted by atomic mass is 9.75. The quantitative estimate of drug-likeness (QED) is 0.610. The van der Waals surface area contributed by atoms with Crippen LogP contribution in [-0.2, 0) is 0 Å². The Bertz CT molecular complexity index is 570. The second kappa shape index (κ2) is 8.67. The molecule has 2 atom stereocenters. The molecule has 1 heteroatoms. The van der Waals surface area contributed by atoms with Gasteiger partial charge in [0.05, 0.1) is 6.04 Å². The predicted octanol–water partition coefficient (Wildman–Crippen LogP) is 6.17. The molecular weight excluding hydrogens is 302 g/mol. The van der Waals surface area contributed by atoms with Gasteiger partial charge in [0.25, 0.3) is 0 Å². The Balaban J connectivity index is 1.85. The Hall–Kier alpha value is -1.60. The van der Waals surface area contributed by atoms with Crippen LogP contribution in [-0.4, -0.2) is 18.0 Å². The summed E-state index contributed by atoms with van der Waals surface area (Å²) in [5, 5.41) is 0. The van der Waals surface area contributed by atoms with Crippen molar-refractivity contribution in [1.29, 1.82) is 0 Å². The summed E-state index contributed by atoms with van der Waals surface area (Å²) in [5.41, 5.74) is 2.83. The van der Waals surface area contributed by atoms with E-state index >= 15 is 0 Å². The summed E-state index contributed by atoms with van der Waals surface area (Å²) >= 11 is 0. The third-order valence-corrected chi connectivity index (χ3v) is 5.99. The fourth-order valence-electron chi connectivity index (χ4n) is 4.75. The molecule has 0 amide bonds. The average molecular weight is 336 g/mol. The van der Waals surface area contributed by atoms with Crippen LogP contribution in [0.1, 0.15) is 57.2 Å². The number of piperidine rings is 1. The standard InChI is InChI=1S/C24H33N/c1-4-5-16-23-19(2)17-25(18-20(23)3)24(21-12-8-6-9-13-21)22-14-10-7-11-15-22/h6-15,19-20,23-24H,4-5,16-18H2,1-3H3. The van der Waals surface area contributed by atoms with Crippen LogP contribution in [0.25, 0.3) is 0 Å². The van der Waals surface area contributed by atoms with E-state index in [-0.39, 0.29) is 0 Å². The third-order valence-electron chi connectivity index (χ3n) is 5.99. The molecule has 1 aliphatic rings. The van der Waals surface area contributed by atoms with Crippen LogP contribution in [0.4, 0.5) is 0 Å². The molecule has 0 saturated carbocycles. The number of hydrogen-bond donors (Lipinski definition) is 0. The highest BCUT2D eigenvalue weighted by Crippen LogP contribution is 2.38. The lowest BCUT2D eigenvalue weighted by Gasteiger charge is -2.45. The Morgan fingerprint density at radius 1 is 0.840 bits per heavy atom. The first kappa shape index (κ1) is 18.2. The number of hydrogen-bond acceptors (Lipinski definition) is 1. The zero-order valence-electron chi connectivity index (χ0n) is 16.1. The van der Waals surface area contributed by atoms with Crippen LogP contribution in [0.15, 0.2) is 60.7 Å². The van der Waals surface area contributed by atoms with E-state index in [0.717, 1.165) is 17.8 Å². The van der Waals surface area contributed by atoms with E-state index in [1.54, 1.807) is 0 Å². The molecule has 2 aromatic rings. The van der Waals surface area contributed by atoms with Crippen molar-refractivity contribution in [3.05, 3.63) is 71.8 Å². The number of benzene rings is 2. The van der Waals surface area contributed by atoms with Crippen molar-refractivity contribution in [3.63, 3.8) is 0 Å². The summed E-state index contributed by atoms with van der Waals surface area (Å²) < 4.78 is 0. The predicted molar refractivity (Wildman–Crippen MR) is 108 cm³/mol. The van der Waals surface area contributed by atoms with Crippen LogP contribution < -0.4 is 0 Å². The molecule has 3 rings (SSSR count). The molecule has 0 N–H and O–H groups in total. The van der Waals surface area contributed by atoms with E-state index in [4.69, 9.17) is 0 Å². The largest absolute Gasteiger partial charge is 0.292 e. The van der Waals surface area contributed by atoms with Gasteiger partial charge >= 0.3 is 0 Å². The highest BCUT2D eigenvalue weighted by molar-refractivity contribution is 5.32. The van der Waals surface area contributed by atoms with Gasteiger partial charge < -0.3 is 0 Å². The molecule has 1 nitrogen and oxygen atoms in total. The second-order valence-electron chi connectivity index (χ2n) is 7.94. The maximum absolute atomic E-state index is 2.72. The van der Waals surface area contributed by atoms with Crippen molar-refractivity contribution in [3.8, 4) is 0 Å². The van der Waals surface area contributed by atoms with Crippen LogP contribution in [0.5, 0.6) is 0 Å². The molecule has 0 radical (unpaired) electrons. The summed E-state index contributed by atoms with van der Waals surface area (Å²) in [6, 6.07) is 22.5. The summed E-state index contributed by atoms with van der Waals surface area (Å²) in [5.74, 6) is 2.42. The van der Waals surface area contributed by atoms with Crippen molar-refractivity contribution in [2.75, 3.05) is 13.1 Å². The molecule has 1 saturated heterocycles. The minimum Gasteiger partial charge on any atom is -0.292 e. The van der Waals surface area contributed by atoms with Crippen molar-refractivity contribution in [2.24, 2.45) is 17.8 Å². The van der Waals surface area contributed by atoms with Gasteiger partial charge in [-0.15, -0.1) is 0 Å². The van der Waals surface area contributed by atoms with Gasteiger partial charge in [-0.2, -0.15) is 0 Å². The Labute approximate surface area is 154 Å². The molecule has 2 unspecified atom stereocenters. The van der Waals surface area contributed by atoms with Gasteiger partial charge in [-0.3, -0.25) is 4.90 Å². The van der Waals surface area contributed by atoms with E-state index in [9.17, 15) is 0 Å². The average Bonchev–Trinajstić information content (AvgIpc) is 2.63. The normalized spacial score (nSPS) is 24.6. The monoisotopic (exact) mass is 335 g/mol. The summed E-state index contributed by atoms with van der Waals surface area (Å²) in [7, 11) is 0. The maximum Gasteiger partial charge on any atom is 0.0601 e. The van der Waals surface area contributed by atoms with E-state index in [1.807, 2.05) is 0 Å².